The molecule has 10 heteroatoms. The number of likely N-dealkylation sites (tertiary alicyclic amines) is 1. The van der Waals surface area contributed by atoms with Crippen molar-refractivity contribution in [2.24, 2.45) is 11.5 Å². The van der Waals surface area contributed by atoms with Gasteiger partial charge in [-0.15, -0.1) is 0 Å². The van der Waals surface area contributed by atoms with Gasteiger partial charge in [-0.1, -0.05) is 0 Å². The fourth-order valence-corrected chi connectivity index (χ4v) is 3.87. The van der Waals surface area contributed by atoms with Gasteiger partial charge in [0, 0.05) is 36.4 Å². The quantitative estimate of drug-likeness (QED) is 0.335. The number of hydrogen-bond acceptors (Lipinski definition) is 7. The molecule has 0 aromatic carbocycles. The number of hydrogen-bond donors (Lipinski definition) is 5. The molecule has 2 saturated heterocycles. The van der Waals surface area contributed by atoms with Crippen molar-refractivity contribution in [3.8, 4) is 0 Å². The van der Waals surface area contributed by atoms with Crippen molar-refractivity contribution in [1.29, 1.82) is 0 Å². The third kappa shape index (κ3) is 3.99. The van der Waals surface area contributed by atoms with E-state index >= 15 is 0 Å². The highest BCUT2D eigenvalue weighted by molar-refractivity contribution is 7.95. The van der Waals surface area contributed by atoms with Crippen LogP contribution in [0.2, 0.25) is 0 Å². The molecule has 2 fully saturated rings. The molecule has 5 atom stereocenters. The second kappa shape index (κ2) is 7.73. The van der Waals surface area contributed by atoms with Gasteiger partial charge >= 0.3 is 6.03 Å². The predicted octanol–water partition coefficient (Wildman–Crippen LogP) is -0.788. The van der Waals surface area contributed by atoms with E-state index in [1.54, 1.807) is 0 Å². The molecule has 2 aliphatic heterocycles. The van der Waals surface area contributed by atoms with Gasteiger partial charge in [-0.05, 0) is 19.8 Å². The van der Waals surface area contributed by atoms with E-state index in [4.69, 9.17) is 15.7 Å². The Labute approximate surface area is 139 Å². The van der Waals surface area contributed by atoms with Crippen LogP contribution in [0.25, 0.3) is 0 Å². The molecule has 0 aromatic heterocycles. The molecule has 22 heavy (non-hydrogen) atoms. The molecule has 8 nitrogen and oxygen atoms in total. The Morgan fingerprint density at radius 1 is 1.59 bits per heavy atom. The monoisotopic (exact) mass is 349 g/mol. The molecule has 0 radical (unpaired) electrons. The normalized spacial score (nSPS) is 33.5. The van der Waals surface area contributed by atoms with Gasteiger partial charge in [0.05, 0.1) is 5.25 Å². The summed E-state index contributed by atoms with van der Waals surface area (Å²) in [4.78, 5) is 25.0. The van der Waals surface area contributed by atoms with Crippen LogP contribution in [-0.2, 0) is 8.98 Å². The van der Waals surface area contributed by atoms with Crippen molar-refractivity contribution >= 4 is 36.6 Å². The largest absolute Gasteiger partial charge is 0.368 e. The molecule has 126 valence electrons. The molecule has 2 aliphatic rings. The van der Waals surface area contributed by atoms with Crippen molar-refractivity contribution in [2.75, 3.05) is 12.3 Å². The number of urea groups is 1. The standard InChI is InChI=1S/C12H23N5O3S2/c1-6-9(7(13)5-21)22-20-11(15-6)16-12(19)17-4-2-3-8(17)10(14)18/h6-9,11,15,21H,2-5,13H2,1H3,(H2,14,18)(H,16,19)/t6?,7?,8-,9?,11?/m1/s1. The lowest BCUT2D eigenvalue weighted by atomic mass is 10.1. The topological polar surface area (TPSA) is 123 Å². The van der Waals surface area contributed by atoms with Gasteiger partial charge in [0.15, 0.2) is 0 Å². The predicted molar refractivity (Wildman–Crippen MR) is 88.1 cm³/mol. The Hall–Kier alpha value is -0.680. The SMILES string of the molecule is CC1NC(NC(=O)N2CCC[C@@H]2C(N)=O)OSC1C(N)CS. The summed E-state index contributed by atoms with van der Waals surface area (Å²) in [6.45, 7) is 2.49. The summed E-state index contributed by atoms with van der Waals surface area (Å²) in [5.41, 5.74) is 11.3. The molecule has 4 unspecified atom stereocenters. The first-order chi connectivity index (χ1) is 10.4. The highest BCUT2D eigenvalue weighted by atomic mass is 32.2. The van der Waals surface area contributed by atoms with Gasteiger partial charge in [-0.25, -0.2) is 4.79 Å². The Morgan fingerprint density at radius 3 is 2.91 bits per heavy atom. The molecular weight excluding hydrogens is 326 g/mol. The van der Waals surface area contributed by atoms with Crippen molar-refractivity contribution < 1.29 is 13.8 Å². The van der Waals surface area contributed by atoms with E-state index in [1.165, 1.54) is 16.9 Å². The zero-order valence-electron chi connectivity index (χ0n) is 12.4. The lowest BCUT2D eigenvalue weighted by Gasteiger charge is -2.37. The molecule has 0 bridgehead atoms. The fraction of sp³-hybridized carbons (Fsp3) is 0.833. The Balaban J connectivity index is 1.87. The van der Waals surface area contributed by atoms with Crippen molar-refractivity contribution in [3.05, 3.63) is 0 Å². The van der Waals surface area contributed by atoms with Crippen LogP contribution in [0.5, 0.6) is 0 Å². The minimum Gasteiger partial charge on any atom is -0.368 e. The first kappa shape index (κ1) is 17.7. The number of carbonyl (C=O) groups excluding carboxylic acids is 2. The first-order valence-electron chi connectivity index (χ1n) is 7.25. The molecule has 2 heterocycles. The van der Waals surface area contributed by atoms with Crippen LogP contribution < -0.4 is 22.1 Å². The zero-order valence-corrected chi connectivity index (χ0v) is 14.1. The molecular formula is C12H23N5O3S2. The summed E-state index contributed by atoms with van der Waals surface area (Å²) in [6, 6.07) is -0.954. The lowest BCUT2D eigenvalue weighted by molar-refractivity contribution is -0.121. The van der Waals surface area contributed by atoms with Crippen LogP contribution >= 0.6 is 24.7 Å². The average molecular weight is 349 g/mol. The summed E-state index contributed by atoms with van der Waals surface area (Å²) in [7, 11) is 0. The van der Waals surface area contributed by atoms with Crippen molar-refractivity contribution in [3.63, 3.8) is 0 Å². The number of nitrogens with two attached hydrogens (primary N) is 2. The molecule has 6 N–H and O–H groups in total. The van der Waals surface area contributed by atoms with Crippen LogP contribution in [0.1, 0.15) is 19.8 Å². The number of primary amides is 1. The Morgan fingerprint density at radius 2 is 2.32 bits per heavy atom. The zero-order chi connectivity index (χ0) is 16.3. The van der Waals surface area contributed by atoms with E-state index in [0.29, 0.717) is 18.7 Å². The fourth-order valence-electron chi connectivity index (χ4n) is 2.68. The summed E-state index contributed by atoms with van der Waals surface area (Å²) in [5, 5.41) is 5.92. The Kier molecular flexibility index (Phi) is 6.21. The lowest BCUT2D eigenvalue weighted by Crippen LogP contribution is -2.61. The highest BCUT2D eigenvalue weighted by Gasteiger charge is 2.36. The van der Waals surface area contributed by atoms with Crippen LogP contribution in [0.3, 0.4) is 0 Å². The van der Waals surface area contributed by atoms with Crippen LogP contribution in [0.4, 0.5) is 4.79 Å². The molecule has 0 saturated carbocycles. The smallest absolute Gasteiger partial charge is 0.321 e. The number of carbonyl (C=O) groups is 2. The van der Waals surface area contributed by atoms with Gasteiger partial charge < -0.3 is 16.4 Å². The molecule has 0 aromatic rings. The maximum absolute atomic E-state index is 12.2. The first-order valence-corrected chi connectivity index (χ1v) is 8.68. The van der Waals surface area contributed by atoms with Gasteiger partial charge in [-0.2, -0.15) is 12.6 Å². The number of thiol groups is 1. The van der Waals surface area contributed by atoms with E-state index in [0.717, 1.165) is 6.42 Å². The number of nitrogens with zero attached hydrogens (tertiary/aromatic N) is 1. The van der Waals surface area contributed by atoms with E-state index in [-0.39, 0.29) is 23.4 Å². The third-order valence-electron chi connectivity index (χ3n) is 3.90. The molecule has 0 spiro atoms. The van der Waals surface area contributed by atoms with Gasteiger partial charge in [-0.3, -0.25) is 19.6 Å². The van der Waals surface area contributed by atoms with Gasteiger partial charge in [0.25, 0.3) is 0 Å². The van der Waals surface area contributed by atoms with E-state index in [1.807, 2.05) is 6.92 Å². The van der Waals surface area contributed by atoms with Crippen LogP contribution in [0.15, 0.2) is 0 Å². The molecule has 3 amide bonds. The Bertz CT molecular complexity index is 428. The van der Waals surface area contributed by atoms with Gasteiger partial charge in [0.2, 0.25) is 12.3 Å². The van der Waals surface area contributed by atoms with E-state index < -0.39 is 18.3 Å². The van der Waals surface area contributed by atoms with E-state index in [9.17, 15) is 9.59 Å². The summed E-state index contributed by atoms with van der Waals surface area (Å²) in [6.07, 6.45) is 0.737. The average Bonchev–Trinajstić information content (AvgIpc) is 2.96. The highest BCUT2D eigenvalue weighted by Crippen LogP contribution is 2.25. The number of amides is 3. The summed E-state index contributed by atoms with van der Waals surface area (Å²) in [5.74, 6) is 0.0748. The van der Waals surface area contributed by atoms with E-state index in [2.05, 4.69) is 23.3 Å². The second-order valence-electron chi connectivity index (χ2n) is 5.54. The van der Waals surface area contributed by atoms with Gasteiger partial charge in [0.1, 0.15) is 6.04 Å². The second-order valence-corrected chi connectivity index (χ2v) is 6.84. The number of nitrogens with one attached hydrogen (secondary N) is 2. The maximum Gasteiger partial charge on any atom is 0.321 e. The summed E-state index contributed by atoms with van der Waals surface area (Å²) < 4.78 is 5.53. The number of rotatable bonds is 4. The van der Waals surface area contributed by atoms with Crippen molar-refractivity contribution in [1.82, 2.24) is 15.5 Å². The minimum absolute atomic E-state index is 0.0517. The molecule has 2 rings (SSSR count). The van der Waals surface area contributed by atoms with Crippen LogP contribution in [0, 0.1) is 0 Å². The minimum atomic E-state index is -0.634. The van der Waals surface area contributed by atoms with Crippen LogP contribution in [-0.4, -0.2) is 58.9 Å². The molecule has 0 aliphatic carbocycles. The third-order valence-corrected chi connectivity index (χ3v) is 5.60. The maximum atomic E-state index is 12.2. The summed E-state index contributed by atoms with van der Waals surface area (Å²) >= 11 is 5.43. The van der Waals surface area contributed by atoms with Crippen molar-refractivity contribution in [2.45, 2.75) is 49.5 Å².